The lowest BCUT2D eigenvalue weighted by Crippen LogP contribution is -2.62. The summed E-state index contributed by atoms with van der Waals surface area (Å²) in [6, 6.07) is 0. The van der Waals surface area contributed by atoms with Gasteiger partial charge in [-0.2, -0.15) is 0 Å². The van der Waals surface area contributed by atoms with Crippen molar-refractivity contribution in [2.45, 2.75) is 44.8 Å². The average molecular weight is 225 g/mol. The van der Waals surface area contributed by atoms with Crippen LogP contribution in [0.5, 0.6) is 0 Å². The number of hydrogen-bond donors (Lipinski definition) is 3. The molecule has 1 amide bonds. The molecule has 0 aromatic carbocycles. The normalized spacial score (nSPS) is 44.1. The minimum atomic E-state index is -1.07. The van der Waals surface area contributed by atoms with E-state index in [-0.39, 0.29) is 11.9 Å². The van der Waals surface area contributed by atoms with Crippen LogP contribution < -0.4 is 11.1 Å². The van der Waals surface area contributed by atoms with Crippen molar-refractivity contribution in [1.82, 2.24) is 5.32 Å². The third kappa shape index (κ3) is 1.59. The fourth-order valence-corrected chi connectivity index (χ4v) is 2.96. The smallest absolute Gasteiger partial charge is 0.258 e. The molecule has 5 nitrogen and oxygen atoms in total. The van der Waals surface area contributed by atoms with Crippen LogP contribution in [0.3, 0.4) is 0 Å². The first-order valence-corrected chi connectivity index (χ1v) is 5.80. The number of aliphatic hydroxyl groups excluding tert-OH is 1. The molecular weight excluding hydrogens is 206 g/mol. The molecule has 1 fully saturated rings. The van der Waals surface area contributed by atoms with Crippen molar-refractivity contribution >= 4 is 11.9 Å². The zero-order valence-corrected chi connectivity index (χ0v) is 9.73. The Morgan fingerprint density at radius 1 is 1.56 bits per heavy atom. The molecule has 0 radical (unpaired) electrons. The SMILES string of the molecule is C[C@H]1CCC2(N=C(N)NC(=O)[C@H]2O)[C@@H](C)C1. The Morgan fingerprint density at radius 3 is 2.88 bits per heavy atom. The summed E-state index contributed by atoms with van der Waals surface area (Å²) in [4.78, 5) is 15.9. The molecule has 16 heavy (non-hydrogen) atoms. The van der Waals surface area contributed by atoms with E-state index in [0.717, 1.165) is 19.3 Å². The van der Waals surface area contributed by atoms with Gasteiger partial charge in [0.25, 0.3) is 5.91 Å². The molecule has 0 saturated heterocycles. The Balaban J connectivity index is 2.35. The van der Waals surface area contributed by atoms with E-state index in [1.165, 1.54) is 0 Å². The Kier molecular flexibility index (Phi) is 2.66. The summed E-state index contributed by atoms with van der Waals surface area (Å²) < 4.78 is 0. The summed E-state index contributed by atoms with van der Waals surface area (Å²) in [5, 5.41) is 12.4. The number of hydrogen-bond acceptors (Lipinski definition) is 4. The van der Waals surface area contributed by atoms with Crippen LogP contribution in [0.25, 0.3) is 0 Å². The molecule has 0 bridgehead atoms. The summed E-state index contributed by atoms with van der Waals surface area (Å²) in [7, 11) is 0. The molecular formula is C11H19N3O2. The lowest BCUT2D eigenvalue weighted by Gasteiger charge is -2.45. The number of guanidine groups is 1. The van der Waals surface area contributed by atoms with E-state index in [9.17, 15) is 9.90 Å². The van der Waals surface area contributed by atoms with Gasteiger partial charge in [0.05, 0.1) is 0 Å². The molecule has 5 heteroatoms. The molecule has 4 atom stereocenters. The third-order valence-corrected chi connectivity index (χ3v) is 3.95. The summed E-state index contributed by atoms with van der Waals surface area (Å²) >= 11 is 0. The van der Waals surface area contributed by atoms with Crippen molar-refractivity contribution < 1.29 is 9.90 Å². The van der Waals surface area contributed by atoms with Crippen LogP contribution in [0.2, 0.25) is 0 Å². The molecule has 0 aromatic heterocycles. The van der Waals surface area contributed by atoms with Gasteiger partial charge in [-0.25, -0.2) is 4.99 Å². The Bertz CT molecular complexity index is 342. The third-order valence-electron chi connectivity index (χ3n) is 3.95. The van der Waals surface area contributed by atoms with Crippen LogP contribution in [0.15, 0.2) is 4.99 Å². The first-order valence-electron chi connectivity index (χ1n) is 5.80. The number of carbonyl (C=O) groups is 1. The van der Waals surface area contributed by atoms with E-state index in [1.54, 1.807) is 0 Å². The van der Waals surface area contributed by atoms with E-state index < -0.39 is 17.6 Å². The topological polar surface area (TPSA) is 87.7 Å². The van der Waals surface area contributed by atoms with E-state index in [0.29, 0.717) is 5.92 Å². The lowest BCUT2D eigenvalue weighted by atomic mass is 9.67. The van der Waals surface area contributed by atoms with Crippen molar-refractivity contribution in [3.63, 3.8) is 0 Å². The zero-order chi connectivity index (χ0) is 11.9. The van der Waals surface area contributed by atoms with Crippen molar-refractivity contribution in [2.75, 3.05) is 0 Å². The minimum Gasteiger partial charge on any atom is -0.381 e. The van der Waals surface area contributed by atoms with Crippen molar-refractivity contribution in [1.29, 1.82) is 0 Å². The van der Waals surface area contributed by atoms with E-state index in [1.807, 2.05) is 6.92 Å². The van der Waals surface area contributed by atoms with Gasteiger partial charge in [0, 0.05) is 0 Å². The molecule has 2 rings (SSSR count). The van der Waals surface area contributed by atoms with Crippen LogP contribution in [-0.2, 0) is 4.79 Å². The standard InChI is InChI=1S/C11H19N3O2/c1-6-3-4-11(7(2)5-6)8(15)9(16)13-10(12)14-11/h6-8,15H,3-5H2,1-2H3,(H3,12,13,14,16)/t6-,7-,8+,11?/m0/s1. The molecule has 1 unspecified atom stereocenters. The number of aliphatic hydroxyl groups is 1. The van der Waals surface area contributed by atoms with Crippen molar-refractivity contribution in [3.05, 3.63) is 0 Å². The van der Waals surface area contributed by atoms with Crippen LogP contribution >= 0.6 is 0 Å². The fourth-order valence-electron chi connectivity index (χ4n) is 2.96. The van der Waals surface area contributed by atoms with Crippen LogP contribution in [0.4, 0.5) is 0 Å². The van der Waals surface area contributed by atoms with Crippen molar-refractivity contribution in [3.8, 4) is 0 Å². The number of amides is 1. The summed E-state index contributed by atoms with van der Waals surface area (Å²) in [5.41, 5.74) is 4.90. The van der Waals surface area contributed by atoms with Crippen LogP contribution in [0, 0.1) is 11.8 Å². The molecule has 1 heterocycles. The van der Waals surface area contributed by atoms with Crippen LogP contribution in [0.1, 0.15) is 33.1 Å². The predicted octanol–water partition coefficient (Wildman–Crippen LogP) is -0.0133. The number of nitrogens with two attached hydrogens (primary N) is 1. The number of aliphatic imine (C=N–C) groups is 1. The van der Waals surface area contributed by atoms with Crippen molar-refractivity contribution in [2.24, 2.45) is 22.6 Å². The number of nitrogens with zero attached hydrogens (tertiary/aromatic N) is 1. The first-order chi connectivity index (χ1) is 7.45. The highest BCUT2D eigenvalue weighted by Crippen LogP contribution is 2.42. The summed E-state index contributed by atoms with van der Waals surface area (Å²) in [6.07, 6.45) is 1.61. The fraction of sp³-hybridized carbons (Fsp3) is 0.818. The van der Waals surface area contributed by atoms with Gasteiger partial charge in [0.1, 0.15) is 5.54 Å². The van der Waals surface area contributed by atoms with Gasteiger partial charge in [-0.3, -0.25) is 10.1 Å². The minimum absolute atomic E-state index is 0.136. The number of rotatable bonds is 0. The molecule has 90 valence electrons. The maximum atomic E-state index is 11.6. The van der Waals surface area contributed by atoms with Gasteiger partial charge in [-0.05, 0) is 31.1 Å². The largest absolute Gasteiger partial charge is 0.381 e. The quantitative estimate of drug-likeness (QED) is 0.541. The Morgan fingerprint density at radius 2 is 2.25 bits per heavy atom. The van der Waals surface area contributed by atoms with Gasteiger partial charge >= 0.3 is 0 Å². The first kappa shape index (κ1) is 11.4. The molecule has 0 aromatic rings. The zero-order valence-electron chi connectivity index (χ0n) is 9.73. The molecule has 1 aliphatic heterocycles. The molecule has 4 N–H and O–H groups in total. The van der Waals surface area contributed by atoms with Gasteiger partial charge in [0.15, 0.2) is 12.1 Å². The molecule has 2 aliphatic rings. The van der Waals surface area contributed by atoms with Gasteiger partial charge in [0.2, 0.25) is 0 Å². The van der Waals surface area contributed by atoms with Gasteiger partial charge in [-0.15, -0.1) is 0 Å². The molecule has 1 spiro atoms. The summed E-state index contributed by atoms with van der Waals surface area (Å²) in [5.74, 6) is 0.510. The molecule has 1 saturated carbocycles. The van der Waals surface area contributed by atoms with Crippen LogP contribution in [-0.4, -0.2) is 28.6 Å². The van der Waals surface area contributed by atoms with Gasteiger partial charge in [-0.1, -0.05) is 13.8 Å². The maximum absolute atomic E-state index is 11.6. The maximum Gasteiger partial charge on any atom is 0.258 e. The Labute approximate surface area is 95.1 Å². The number of nitrogens with one attached hydrogen (secondary N) is 1. The highest BCUT2D eigenvalue weighted by molar-refractivity contribution is 6.01. The monoisotopic (exact) mass is 225 g/mol. The summed E-state index contributed by atoms with van der Waals surface area (Å²) in [6.45, 7) is 4.22. The Hall–Kier alpha value is -1.10. The highest BCUT2D eigenvalue weighted by Gasteiger charge is 2.51. The predicted molar refractivity (Wildman–Crippen MR) is 60.7 cm³/mol. The second kappa shape index (κ2) is 3.73. The molecule has 1 aliphatic carbocycles. The van der Waals surface area contributed by atoms with E-state index in [4.69, 9.17) is 5.73 Å². The van der Waals surface area contributed by atoms with Gasteiger partial charge < -0.3 is 10.8 Å². The second-order valence-electron chi connectivity index (χ2n) is 5.16. The van der Waals surface area contributed by atoms with E-state index in [2.05, 4.69) is 17.2 Å². The second-order valence-corrected chi connectivity index (χ2v) is 5.16. The average Bonchev–Trinajstić information content (AvgIpc) is 2.20. The van der Waals surface area contributed by atoms with E-state index >= 15 is 0 Å². The highest BCUT2D eigenvalue weighted by atomic mass is 16.3. The lowest BCUT2D eigenvalue weighted by molar-refractivity contribution is -0.135. The number of carbonyl (C=O) groups excluding carboxylic acids is 1.